The van der Waals surface area contributed by atoms with Crippen LogP contribution in [0.3, 0.4) is 0 Å². The molecule has 10 heteroatoms. The van der Waals surface area contributed by atoms with E-state index in [4.69, 9.17) is 9.47 Å². The molecule has 0 aliphatic carbocycles. The number of amides is 1. The van der Waals surface area contributed by atoms with E-state index in [1.54, 1.807) is 0 Å². The fourth-order valence-corrected chi connectivity index (χ4v) is 2.54. The Morgan fingerprint density at radius 2 is 2.00 bits per heavy atom. The third kappa shape index (κ3) is 4.17. The normalized spacial score (nSPS) is 29.4. The third-order valence-corrected chi connectivity index (χ3v) is 4.13. The summed E-state index contributed by atoms with van der Waals surface area (Å²) in [4.78, 5) is 23.3. The Hall–Kier alpha value is -1.98. The van der Waals surface area contributed by atoms with Crippen LogP contribution in [0.5, 0.6) is 5.75 Å². The molecule has 1 saturated heterocycles. The highest BCUT2D eigenvalue weighted by atomic mass is 16.7. The SMILES string of the molecule is CO[C@H]1O[C@H](CNC(=O)Cn2ccc(=O)c(O)c2C)[C@@H](O)[C@H](O)[C@H]1O. The standard InChI is InChI=1S/C15H22N2O8/c1-7-11(20)8(18)3-4-17(7)6-10(19)16-5-9-12(21)13(22)14(23)15(24-2)25-9/h3-4,9,12-15,20-23H,5-6H2,1-2H3,(H,16,19)/t9-,12-,13+,14-,15+/m1/s1. The summed E-state index contributed by atoms with van der Waals surface area (Å²) in [6, 6.07) is 1.14. The summed E-state index contributed by atoms with van der Waals surface area (Å²) in [7, 11) is 1.28. The molecule has 1 amide bonds. The molecule has 10 nitrogen and oxygen atoms in total. The van der Waals surface area contributed by atoms with Crippen molar-refractivity contribution in [2.45, 2.75) is 44.2 Å². The van der Waals surface area contributed by atoms with Crippen molar-refractivity contribution in [2.75, 3.05) is 13.7 Å². The van der Waals surface area contributed by atoms with Crippen molar-refractivity contribution < 1.29 is 34.7 Å². The Morgan fingerprint density at radius 3 is 2.64 bits per heavy atom. The zero-order chi connectivity index (χ0) is 18.7. The predicted octanol–water partition coefficient (Wildman–Crippen LogP) is -2.57. The Kier molecular flexibility index (Phi) is 6.14. The monoisotopic (exact) mass is 358 g/mol. The molecule has 0 radical (unpaired) electrons. The first-order valence-corrected chi connectivity index (χ1v) is 7.64. The summed E-state index contributed by atoms with van der Waals surface area (Å²) in [5, 5.41) is 41.5. The van der Waals surface area contributed by atoms with Crippen LogP contribution < -0.4 is 10.7 Å². The van der Waals surface area contributed by atoms with Gasteiger partial charge in [0.2, 0.25) is 11.3 Å². The average Bonchev–Trinajstić information content (AvgIpc) is 2.59. The molecule has 2 rings (SSSR count). The lowest BCUT2D eigenvalue weighted by Gasteiger charge is -2.39. The maximum atomic E-state index is 12.0. The Morgan fingerprint density at radius 1 is 1.32 bits per heavy atom. The van der Waals surface area contributed by atoms with Gasteiger partial charge in [0.15, 0.2) is 12.0 Å². The van der Waals surface area contributed by atoms with Crippen LogP contribution in [0.1, 0.15) is 5.69 Å². The minimum Gasteiger partial charge on any atom is -0.503 e. The Labute approximate surface area is 143 Å². The second-order valence-electron chi connectivity index (χ2n) is 5.80. The minimum absolute atomic E-state index is 0.130. The number of carbonyl (C=O) groups excluding carboxylic acids is 1. The summed E-state index contributed by atoms with van der Waals surface area (Å²) in [5.74, 6) is -0.891. The van der Waals surface area contributed by atoms with Crippen LogP contribution in [0.15, 0.2) is 17.1 Å². The first kappa shape index (κ1) is 19.3. The second kappa shape index (κ2) is 7.93. The van der Waals surface area contributed by atoms with Gasteiger partial charge in [-0.1, -0.05) is 0 Å². The molecule has 25 heavy (non-hydrogen) atoms. The number of ether oxygens (including phenoxy) is 2. The maximum Gasteiger partial charge on any atom is 0.240 e. The highest BCUT2D eigenvalue weighted by Crippen LogP contribution is 2.21. The van der Waals surface area contributed by atoms with E-state index in [0.29, 0.717) is 0 Å². The molecule has 0 unspecified atom stereocenters. The molecule has 2 heterocycles. The molecule has 5 N–H and O–H groups in total. The van der Waals surface area contributed by atoms with Crippen molar-refractivity contribution in [1.29, 1.82) is 0 Å². The number of methoxy groups -OCH3 is 1. The fraction of sp³-hybridized carbons (Fsp3) is 0.600. The molecule has 0 bridgehead atoms. The van der Waals surface area contributed by atoms with Gasteiger partial charge in [-0.3, -0.25) is 9.59 Å². The van der Waals surface area contributed by atoms with Crippen molar-refractivity contribution in [3.05, 3.63) is 28.2 Å². The average molecular weight is 358 g/mol. The van der Waals surface area contributed by atoms with Crippen molar-refractivity contribution in [3.8, 4) is 5.75 Å². The van der Waals surface area contributed by atoms with Gasteiger partial charge in [-0.2, -0.15) is 0 Å². The van der Waals surface area contributed by atoms with Gasteiger partial charge in [-0.25, -0.2) is 0 Å². The minimum atomic E-state index is -1.47. The number of aromatic hydroxyl groups is 1. The van der Waals surface area contributed by atoms with Gasteiger partial charge in [0.25, 0.3) is 0 Å². The molecule has 1 aromatic heterocycles. The van der Waals surface area contributed by atoms with E-state index < -0.39 is 47.8 Å². The number of nitrogens with one attached hydrogen (secondary N) is 1. The molecule has 1 aliphatic heterocycles. The predicted molar refractivity (Wildman–Crippen MR) is 83.8 cm³/mol. The first-order chi connectivity index (χ1) is 11.8. The lowest BCUT2D eigenvalue weighted by Crippen LogP contribution is -2.60. The van der Waals surface area contributed by atoms with E-state index in [9.17, 15) is 30.0 Å². The lowest BCUT2D eigenvalue weighted by molar-refractivity contribution is -0.288. The van der Waals surface area contributed by atoms with Crippen LogP contribution in [0.25, 0.3) is 0 Å². The number of aliphatic hydroxyl groups excluding tert-OH is 3. The fourth-order valence-electron chi connectivity index (χ4n) is 2.54. The Bertz CT molecular complexity index is 674. The van der Waals surface area contributed by atoms with Crippen LogP contribution >= 0.6 is 0 Å². The molecular weight excluding hydrogens is 336 g/mol. The maximum absolute atomic E-state index is 12.0. The quantitative estimate of drug-likeness (QED) is 0.385. The zero-order valence-electron chi connectivity index (χ0n) is 13.8. The third-order valence-electron chi connectivity index (χ3n) is 4.13. The number of hydrogen-bond donors (Lipinski definition) is 5. The lowest BCUT2D eigenvalue weighted by atomic mass is 9.99. The number of pyridine rings is 1. The number of carbonyl (C=O) groups is 1. The van der Waals surface area contributed by atoms with Crippen molar-refractivity contribution in [2.24, 2.45) is 0 Å². The second-order valence-corrected chi connectivity index (χ2v) is 5.80. The van der Waals surface area contributed by atoms with Crippen LogP contribution in [-0.4, -0.2) is 75.3 Å². The molecule has 1 fully saturated rings. The molecule has 5 atom stereocenters. The van der Waals surface area contributed by atoms with Gasteiger partial charge >= 0.3 is 0 Å². The molecular formula is C15H22N2O8. The summed E-state index contributed by atoms with van der Waals surface area (Å²) in [6.07, 6.45) is -5.00. The summed E-state index contributed by atoms with van der Waals surface area (Å²) in [5.41, 5.74) is -0.291. The van der Waals surface area contributed by atoms with Gasteiger partial charge in [0.05, 0.1) is 5.69 Å². The topological polar surface area (TPSA) is 150 Å². The van der Waals surface area contributed by atoms with E-state index in [0.717, 1.165) is 6.07 Å². The zero-order valence-corrected chi connectivity index (χ0v) is 13.8. The summed E-state index contributed by atoms with van der Waals surface area (Å²) < 4.78 is 11.6. The Balaban J connectivity index is 1.95. The molecule has 1 aromatic rings. The molecule has 0 saturated carbocycles. The van der Waals surface area contributed by atoms with E-state index in [-0.39, 0.29) is 18.8 Å². The first-order valence-electron chi connectivity index (χ1n) is 7.64. The number of nitrogens with zero attached hydrogens (tertiary/aromatic N) is 1. The summed E-state index contributed by atoms with van der Waals surface area (Å²) >= 11 is 0. The van der Waals surface area contributed by atoms with Crippen LogP contribution in [0.2, 0.25) is 0 Å². The highest BCUT2D eigenvalue weighted by molar-refractivity contribution is 5.75. The van der Waals surface area contributed by atoms with E-state index in [2.05, 4.69) is 5.32 Å². The summed E-state index contributed by atoms with van der Waals surface area (Å²) in [6.45, 7) is 1.20. The molecule has 1 aliphatic rings. The van der Waals surface area contributed by atoms with Crippen LogP contribution in [0.4, 0.5) is 0 Å². The van der Waals surface area contributed by atoms with Crippen molar-refractivity contribution in [3.63, 3.8) is 0 Å². The van der Waals surface area contributed by atoms with Gasteiger partial charge in [-0.15, -0.1) is 0 Å². The largest absolute Gasteiger partial charge is 0.503 e. The van der Waals surface area contributed by atoms with Crippen LogP contribution in [-0.2, 0) is 20.8 Å². The van der Waals surface area contributed by atoms with Gasteiger partial charge in [0.1, 0.15) is 31.0 Å². The van der Waals surface area contributed by atoms with Crippen molar-refractivity contribution in [1.82, 2.24) is 9.88 Å². The number of rotatable bonds is 5. The van der Waals surface area contributed by atoms with E-state index >= 15 is 0 Å². The highest BCUT2D eigenvalue weighted by Gasteiger charge is 2.43. The molecule has 0 spiro atoms. The van der Waals surface area contributed by atoms with Gasteiger partial charge < -0.3 is 39.8 Å². The number of aliphatic hydroxyl groups is 3. The smallest absolute Gasteiger partial charge is 0.240 e. The van der Waals surface area contributed by atoms with E-state index in [1.165, 1.54) is 24.8 Å². The number of hydrogen-bond acceptors (Lipinski definition) is 8. The van der Waals surface area contributed by atoms with Gasteiger partial charge in [-0.05, 0) is 6.92 Å². The van der Waals surface area contributed by atoms with Crippen molar-refractivity contribution >= 4 is 5.91 Å². The molecule has 140 valence electrons. The van der Waals surface area contributed by atoms with Crippen LogP contribution in [0, 0.1) is 6.92 Å². The molecule has 0 aromatic carbocycles. The van der Waals surface area contributed by atoms with Gasteiger partial charge in [0, 0.05) is 25.9 Å². The number of aromatic nitrogens is 1. The van der Waals surface area contributed by atoms with E-state index in [1.807, 2.05) is 0 Å².